The van der Waals surface area contributed by atoms with Crippen molar-refractivity contribution in [1.29, 1.82) is 0 Å². The Kier molecular flexibility index (Phi) is 3.89. The zero-order valence-electron chi connectivity index (χ0n) is 9.82. The van der Waals surface area contributed by atoms with Crippen LogP contribution in [0.3, 0.4) is 0 Å². The Morgan fingerprint density at radius 1 is 1.10 bits per heavy atom. The second-order valence-corrected chi connectivity index (χ2v) is 4.73. The topological polar surface area (TPSA) is 69.6 Å². The molecule has 0 saturated carbocycles. The lowest BCUT2D eigenvalue weighted by Gasteiger charge is -2.09. The fourth-order valence-corrected chi connectivity index (χ4v) is 1.88. The minimum Gasteiger partial charge on any atom is -0.507 e. The third kappa shape index (κ3) is 2.72. The van der Waals surface area contributed by atoms with Gasteiger partial charge in [-0.25, -0.2) is 8.78 Å². The molecular weight excluding hydrogens is 336 g/mol. The number of carbonyl (C=O) groups excluding carboxylic acids is 1. The summed E-state index contributed by atoms with van der Waals surface area (Å²) < 4.78 is 26.8. The first-order valence-electron chi connectivity index (χ1n) is 5.37. The molecule has 1 amide bonds. The van der Waals surface area contributed by atoms with Crippen LogP contribution >= 0.6 is 15.9 Å². The number of hydrogen-bond acceptors (Lipinski definition) is 3. The second-order valence-electron chi connectivity index (χ2n) is 3.87. The van der Waals surface area contributed by atoms with Crippen molar-refractivity contribution in [3.8, 4) is 11.5 Å². The van der Waals surface area contributed by atoms with E-state index in [-0.39, 0.29) is 4.47 Å². The minimum absolute atomic E-state index is 0.0848. The van der Waals surface area contributed by atoms with Crippen LogP contribution in [-0.2, 0) is 0 Å². The van der Waals surface area contributed by atoms with Crippen LogP contribution in [-0.4, -0.2) is 16.1 Å². The van der Waals surface area contributed by atoms with Crippen LogP contribution in [0.1, 0.15) is 10.4 Å². The number of phenols is 2. The molecule has 4 nitrogen and oxygen atoms in total. The van der Waals surface area contributed by atoms with Crippen molar-refractivity contribution in [3.05, 3.63) is 52.0 Å². The van der Waals surface area contributed by atoms with Gasteiger partial charge in [0, 0.05) is 6.07 Å². The molecule has 3 N–H and O–H groups in total. The molecule has 0 unspecified atom stereocenters. The van der Waals surface area contributed by atoms with Crippen LogP contribution in [0.15, 0.2) is 34.8 Å². The zero-order chi connectivity index (χ0) is 14.9. The van der Waals surface area contributed by atoms with Gasteiger partial charge in [0.05, 0.1) is 10.2 Å². The number of hydrogen-bond donors (Lipinski definition) is 3. The van der Waals surface area contributed by atoms with Crippen LogP contribution < -0.4 is 5.32 Å². The van der Waals surface area contributed by atoms with Crippen molar-refractivity contribution in [1.82, 2.24) is 0 Å². The highest BCUT2D eigenvalue weighted by atomic mass is 79.9. The standard InChI is InChI=1S/C13H8BrF2NO3/c14-6-4-8(16)9(5-7(6)15)17-13(20)12-10(18)2-1-3-11(12)19/h1-5,18-19H,(H,17,20). The third-order valence-electron chi connectivity index (χ3n) is 2.51. The molecule has 0 saturated heterocycles. The van der Waals surface area contributed by atoms with E-state index in [4.69, 9.17) is 0 Å². The maximum absolute atomic E-state index is 13.6. The first-order chi connectivity index (χ1) is 9.40. The summed E-state index contributed by atoms with van der Waals surface area (Å²) in [6.07, 6.45) is 0. The number of aromatic hydroxyl groups is 2. The second kappa shape index (κ2) is 5.46. The molecule has 0 radical (unpaired) electrons. The van der Waals surface area contributed by atoms with E-state index in [2.05, 4.69) is 21.2 Å². The van der Waals surface area contributed by atoms with Crippen molar-refractivity contribution in [2.45, 2.75) is 0 Å². The number of carbonyl (C=O) groups is 1. The molecule has 20 heavy (non-hydrogen) atoms. The Bertz CT molecular complexity index is 671. The summed E-state index contributed by atoms with van der Waals surface area (Å²) in [4.78, 5) is 11.9. The van der Waals surface area contributed by atoms with E-state index < -0.39 is 40.3 Å². The molecule has 0 bridgehead atoms. The van der Waals surface area contributed by atoms with Gasteiger partial charge in [-0.15, -0.1) is 0 Å². The van der Waals surface area contributed by atoms with Crippen molar-refractivity contribution >= 4 is 27.5 Å². The van der Waals surface area contributed by atoms with Crippen LogP contribution in [0.25, 0.3) is 0 Å². The molecule has 0 heterocycles. The lowest BCUT2D eigenvalue weighted by Crippen LogP contribution is -2.13. The molecule has 2 aromatic rings. The zero-order valence-corrected chi connectivity index (χ0v) is 11.4. The predicted octanol–water partition coefficient (Wildman–Crippen LogP) is 3.39. The van der Waals surface area contributed by atoms with E-state index in [9.17, 15) is 23.8 Å². The average Bonchev–Trinajstić information content (AvgIpc) is 2.35. The van der Waals surface area contributed by atoms with Gasteiger partial charge in [-0.05, 0) is 34.1 Å². The van der Waals surface area contributed by atoms with Crippen molar-refractivity contribution in [2.75, 3.05) is 5.32 Å². The third-order valence-corrected chi connectivity index (χ3v) is 3.11. The fraction of sp³-hybridized carbons (Fsp3) is 0. The number of benzene rings is 2. The van der Waals surface area contributed by atoms with E-state index in [1.807, 2.05) is 0 Å². The summed E-state index contributed by atoms with van der Waals surface area (Å²) >= 11 is 2.81. The van der Waals surface area contributed by atoms with E-state index >= 15 is 0 Å². The summed E-state index contributed by atoms with van der Waals surface area (Å²) in [5, 5.41) is 21.1. The number of halogens is 3. The molecule has 0 atom stereocenters. The van der Waals surface area contributed by atoms with Gasteiger partial charge in [0.15, 0.2) is 0 Å². The molecule has 7 heteroatoms. The molecule has 2 aromatic carbocycles. The molecule has 0 aromatic heterocycles. The summed E-state index contributed by atoms with van der Waals surface area (Å²) in [5.74, 6) is -3.52. The number of amides is 1. The lowest BCUT2D eigenvalue weighted by molar-refractivity contribution is 0.102. The molecule has 2 rings (SSSR count). The van der Waals surface area contributed by atoms with Crippen LogP contribution in [0.5, 0.6) is 11.5 Å². The molecule has 0 aliphatic rings. The SMILES string of the molecule is O=C(Nc1cc(F)c(Br)cc1F)c1c(O)cccc1O. The number of phenolic OH excluding ortho intramolecular Hbond substituents is 2. The predicted molar refractivity (Wildman–Crippen MR) is 71.8 cm³/mol. The van der Waals surface area contributed by atoms with Crippen LogP contribution in [0, 0.1) is 11.6 Å². The smallest absolute Gasteiger partial charge is 0.263 e. The molecule has 0 aliphatic heterocycles. The molecule has 0 spiro atoms. The number of nitrogens with one attached hydrogen (secondary N) is 1. The highest BCUT2D eigenvalue weighted by Gasteiger charge is 2.18. The van der Waals surface area contributed by atoms with Gasteiger partial charge in [0.2, 0.25) is 0 Å². The fourth-order valence-electron chi connectivity index (χ4n) is 1.56. The minimum atomic E-state index is -0.957. The van der Waals surface area contributed by atoms with Gasteiger partial charge in [-0.2, -0.15) is 0 Å². The Hall–Kier alpha value is -2.15. The largest absolute Gasteiger partial charge is 0.507 e. The van der Waals surface area contributed by atoms with E-state index in [0.29, 0.717) is 0 Å². The van der Waals surface area contributed by atoms with E-state index in [1.54, 1.807) is 0 Å². The molecular formula is C13H8BrF2NO3. The Balaban J connectivity index is 2.35. The Morgan fingerprint density at radius 3 is 2.30 bits per heavy atom. The van der Waals surface area contributed by atoms with Crippen LogP contribution in [0.2, 0.25) is 0 Å². The Labute approximate surface area is 120 Å². The van der Waals surface area contributed by atoms with Gasteiger partial charge in [-0.3, -0.25) is 4.79 Å². The molecule has 0 fully saturated rings. The molecule has 0 aliphatic carbocycles. The van der Waals surface area contributed by atoms with Gasteiger partial charge in [0.25, 0.3) is 5.91 Å². The number of anilines is 1. The monoisotopic (exact) mass is 343 g/mol. The first kappa shape index (κ1) is 14.3. The maximum atomic E-state index is 13.6. The normalized spacial score (nSPS) is 10.3. The maximum Gasteiger partial charge on any atom is 0.263 e. The lowest BCUT2D eigenvalue weighted by atomic mass is 10.1. The highest BCUT2D eigenvalue weighted by molar-refractivity contribution is 9.10. The van der Waals surface area contributed by atoms with Gasteiger partial charge < -0.3 is 15.5 Å². The summed E-state index contributed by atoms with van der Waals surface area (Å²) in [6, 6.07) is 5.35. The quantitative estimate of drug-likeness (QED) is 0.732. The van der Waals surface area contributed by atoms with Gasteiger partial charge in [0.1, 0.15) is 28.7 Å². The van der Waals surface area contributed by atoms with Gasteiger partial charge in [-0.1, -0.05) is 6.07 Å². The summed E-state index contributed by atoms with van der Waals surface area (Å²) in [5.41, 5.74) is -0.825. The summed E-state index contributed by atoms with van der Waals surface area (Å²) in [7, 11) is 0. The Morgan fingerprint density at radius 2 is 1.70 bits per heavy atom. The van der Waals surface area contributed by atoms with E-state index in [0.717, 1.165) is 12.1 Å². The first-order valence-corrected chi connectivity index (χ1v) is 6.16. The van der Waals surface area contributed by atoms with Crippen molar-refractivity contribution in [3.63, 3.8) is 0 Å². The average molecular weight is 344 g/mol. The van der Waals surface area contributed by atoms with Crippen molar-refractivity contribution in [2.24, 2.45) is 0 Å². The number of rotatable bonds is 2. The van der Waals surface area contributed by atoms with Gasteiger partial charge >= 0.3 is 0 Å². The molecule has 104 valence electrons. The highest BCUT2D eigenvalue weighted by Crippen LogP contribution is 2.29. The van der Waals surface area contributed by atoms with Crippen molar-refractivity contribution < 1.29 is 23.8 Å². The van der Waals surface area contributed by atoms with E-state index in [1.165, 1.54) is 18.2 Å². The summed E-state index contributed by atoms with van der Waals surface area (Å²) in [6.45, 7) is 0. The van der Waals surface area contributed by atoms with Crippen LogP contribution in [0.4, 0.5) is 14.5 Å².